The van der Waals surface area contributed by atoms with Crippen molar-refractivity contribution in [2.75, 3.05) is 25.6 Å². The van der Waals surface area contributed by atoms with Gasteiger partial charge in [-0.3, -0.25) is 4.79 Å². The van der Waals surface area contributed by atoms with Crippen molar-refractivity contribution < 1.29 is 13.9 Å². The Bertz CT molecular complexity index is 922. The van der Waals surface area contributed by atoms with Crippen LogP contribution in [0, 0.1) is 5.82 Å². The molecule has 9 nitrogen and oxygen atoms in total. The smallest absolute Gasteiger partial charge is 0.226 e. The van der Waals surface area contributed by atoms with Crippen molar-refractivity contribution in [3.63, 3.8) is 0 Å². The second-order valence-corrected chi connectivity index (χ2v) is 6.95. The van der Waals surface area contributed by atoms with E-state index in [0.29, 0.717) is 29.5 Å². The molecular formula is C16H17ClFN7O2S. The molecule has 0 saturated heterocycles. The topological polar surface area (TPSA) is 118 Å². The van der Waals surface area contributed by atoms with Crippen molar-refractivity contribution in [1.29, 1.82) is 0 Å². The van der Waals surface area contributed by atoms with E-state index in [4.69, 9.17) is 16.3 Å². The number of aromatic nitrogens is 5. The number of carbonyl (C=O) groups is 1. The Balaban J connectivity index is 1.69. The first-order chi connectivity index (χ1) is 13.6. The lowest BCUT2D eigenvalue weighted by Crippen LogP contribution is -2.31. The molecule has 0 bridgehead atoms. The largest absolute Gasteiger partial charge is 0.383 e. The summed E-state index contributed by atoms with van der Waals surface area (Å²) in [7, 11) is 1.62. The normalized spacial score (nSPS) is 12.0. The van der Waals surface area contributed by atoms with Crippen LogP contribution in [0.1, 0.15) is 23.1 Å². The number of rotatable bonds is 9. The van der Waals surface area contributed by atoms with Crippen molar-refractivity contribution >= 4 is 34.0 Å². The number of aromatic amines is 1. The van der Waals surface area contributed by atoms with Gasteiger partial charge >= 0.3 is 0 Å². The third-order valence-electron chi connectivity index (χ3n) is 3.68. The van der Waals surface area contributed by atoms with E-state index < -0.39 is 11.9 Å². The third-order valence-corrected chi connectivity index (χ3v) is 4.83. The first-order valence-corrected chi connectivity index (χ1v) is 9.47. The molecule has 1 atom stereocenters. The number of hydrogen-bond donors (Lipinski definition) is 3. The molecule has 3 aromatic rings. The molecule has 0 aliphatic heterocycles. The van der Waals surface area contributed by atoms with E-state index in [-0.39, 0.29) is 23.2 Å². The highest BCUT2D eigenvalue weighted by Crippen LogP contribution is 2.23. The van der Waals surface area contributed by atoms with E-state index in [9.17, 15) is 9.18 Å². The molecule has 1 aromatic carbocycles. The monoisotopic (exact) mass is 425 g/mol. The molecule has 0 saturated carbocycles. The minimum Gasteiger partial charge on any atom is -0.383 e. The quantitative estimate of drug-likeness (QED) is 0.448. The van der Waals surface area contributed by atoms with Crippen LogP contribution in [0.4, 0.5) is 9.52 Å². The number of nitrogens with one attached hydrogen (secondary N) is 3. The first-order valence-electron chi connectivity index (χ1n) is 8.21. The number of carbonyl (C=O) groups excluding carboxylic acids is 1. The van der Waals surface area contributed by atoms with Crippen molar-refractivity contribution in [2.24, 2.45) is 0 Å². The minimum absolute atomic E-state index is 0.0158. The van der Waals surface area contributed by atoms with Crippen molar-refractivity contribution in [3.8, 4) is 0 Å². The summed E-state index contributed by atoms with van der Waals surface area (Å²) in [4.78, 5) is 16.9. The van der Waals surface area contributed by atoms with Crippen LogP contribution in [0.3, 0.4) is 0 Å². The zero-order valence-electron chi connectivity index (χ0n) is 14.8. The number of ether oxygens (including phenoxy) is 1. The molecule has 1 amide bonds. The summed E-state index contributed by atoms with van der Waals surface area (Å²) in [6.45, 7) is 1.18. The zero-order chi connectivity index (χ0) is 19.9. The van der Waals surface area contributed by atoms with Gasteiger partial charge in [-0.1, -0.05) is 22.9 Å². The number of tetrazole rings is 1. The van der Waals surface area contributed by atoms with Crippen LogP contribution in [0.2, 0.25) is 5.02 Å². The van der Waals surface area contributed by atoms with Gasteiger partial charge in [-0.15, -0.1) is 21.5 Å². The Kier molecular flexibility index (Phi) is 6.85. The van der Waals surface area contributed by atoms with Gasteiger partial charge in [0, 0.05) is 19.0 Å². The SMILES string of the molecule is COCCNc1nc(CC(=O)NC(c2ccc(Cl)c(F)c2)c2nn[nH]n2)cs1. The minimum atomic E-state index is -0.782. The molecule has 3 rings (SSSR count). The van der Waals surface area contributed by atoms with Gasteiger partial charge in [0.2, 0.25) is 11.7 Å². The number of benzene rings is 1. The Hall–Kier alpha value is -2.63. The maximum atomic E-state index is 13.9. The highest BCUT2D eigenvalue weighted by atomic mass is 35.5. The number of anilines is 1. The average molecular weight is 426 g/mol. The van der Waals surface area contributed by atoms with E-state index in [0.717, 1.165) is 0 Å². The number of hydrogen-bond acceptors (Lipinski definition) is 8. The van der Waals surface area contributed by atoms with Crippen molar-refractivity contribution in [2.45, 2.75) is 12.5 Å². The predicted molar refractivity (Wildman–Crippen MR) is 102 cm³/mol. The molecule has 0 fully saturated rings. The number of amides is 1. The molecular weight excluding hydrogens is 409 g/mol. The summed E-state index contributed by atoms with van der Waals surface area (Å²) in [5.74, 6) is -0.720. The van der Waals surface area contributed by atoms with Gasteiger partial charge < -0.3 is 15.4 Å². The second-order valence-electron chi connectivity index (χ2n) is 5.68. The van der Waals surface area contributed by atoms with E-state index >= 15 is 0 Å². The molecule has 3 N–H and O–H groups in total. The highest BCUT2D eigenvalue weighted by Gasteiger charge is 2.22. The molecule has 2 aromatic heterocycles. The van der Waals surface area contributed by atoms with Gasteiger partial charge in [-0.05, 0) is 17.7 Å². The molecule has 0 radical (unpaired) electrons. The van der Waals surface area contributed by atoms with Gasteiger partial charge in [-0.25, -0.2) is 9.37 Å². The Labute approximate surface area is 168 Å². The third kappa shape index (κ3) is 5.21. The lowest BCUT2D eigenvalue weighted by atomic mass is 10.1. The number of halogens is 2. The van der Waals surface area contributed by atoms with E-state index in [2.05, 4.69) is 36.2 Å². The van der Waals surface area contributed by atoms with Gasteiger partial charge in [0.05, 0.1) is 23.7 Å². The van der Waals surface area contributed by atoms with Crippen LogP contribution >= 0.6 is 22.9 Å². The number of methoxy groups -OCH3 is 1. The van der Waals surface area contributed by atoms with Crippen LogP contribution in [0.25, 0.3) is 0 Å². The fraction of sp³-hybridized carbons (Fsp3) is 0.312. The summed E-state index contributed by atoms with van der Waals surface area (Å²) in [5.41, 5.74) is 1.05. The average Bonchev–Trinajstić information content (AvgIpc) is 3.35. The van der Waals surface area contributed by atoms with Gasteiger partial charge in [0.25, 0.3) is 0 Å². The predicted octanol–water partition coefficient (Wildman–Crippen LogP) is 1.96. The lowest BCUT2D eigenvalue weighted by Gasteiger charge is -2.16. The molecule has 12 heteroatoms. The summed E-state index contributed by atoms with van der Waals surface area (Å²) in [6.07, 6.45) is 0.0485. The second kappa shape index (κ2) is 9.53. The number of nitrogens with zero attached hydrogens (tertiary/aromatic N) is 4. The van der Waals surface area contributed by atoms with Gasteiger partial charge in [0.1, 0.15) is 11.9 Å². The summed E-state index contributed by atoms with van der Waals surface area (Å²) in [5, 5.41) is 22.0. The molecule has 148 valence electrons. The maximum absolute atomic E-state index is 13.9. The van der Waals surface area contributed by atoms with Gasteiger partial charge in [0.15, 0.2) is 5.13 Å². The first kappa shape index (κ1) is 20.1. The Morgan fingerprint density at radius 1 is 1.46 bits per heavy atom. The molecule has 0 aliphatic carbocycles. The lowest BCUT2D eigenvalue weighted by molar-refractivity contribution is -0.121. The highest BCUT2D eigenvalue weighted by molar-refractivity contribution is 7.13. The van der Waals surface area contributed by atoms with Crippen LogP contribution in [-0.2, 0) is 16.0 Å². The number of thiazole rings is 1. The number of H-pyrrole nitrogens is 1. The molecule has 0 spiro atoms. The molecule has 2 heterocycles. The van der Waals surface area contributed by atoms with E-state index in [1.165, 1.54) is 23.5 Å². The molecule has 1 unspecified atom stereocenters. The molecule has 0 aliphatic rings. The van der Waals surface area contributed by atoms with Crippen molar-refractivity contribution in [1.82, 2.24) is 30.9 Å². The summed E-state index contributed by atoms with van der Waals surface area (Å²) in [6, 6.07) is 3.44. The maximum Gasteiger partial charge on any atom is 0.226 e. The fourth-order valence-electron chi connectivity index (χ4n) is 2.39. The van der Waals surface area contributed by atoms with Crippen molar-refractivity contribution in [3.05, 3.63) is 51.5 Å². The van der Waals surface area contributed by atoms with Gasteiger partial charge in [-0.2, -0.15) is 5.21 Å². The van der Waals surface area contributed by atoms with Crippen LogP contribution in [-0.4, -0.2) is 51.8 Å². The standard InChI is InChI=1S/C16H17ClFN7O2S/c1-27-5-4-19-16-20-10(8-28-16)7-13(26)21-14(15-22-24-25-23-15)9-2-3-11(17)12(18)6-9/h2-3,6,8,14H,4-5,7H2,1H3,(H,19,20)(H,21,26)(H,22,23,24,25). The Morgan fingerprint density at radius 2 is 2.32 bits per heavy atom. The van der Waals surface area contributed by atoms with E-state index in [1.54, 1.807) is 18.6 Å². The summed E-state index contributed by atoms with van der Waals surface area (Å²) < 4.78 is 18.8. The Morgan fingerprint density at radius 3 is 3.04 bits per heavy atom. The van der Waals surface area contributed by atoms with Crippen LogP contribution < -0.4 is 10.6 Å². The fourth-order valence-corrected chi connectivity index (χ4v) is 3.24. The summed E-state index contributed by atoms with van der Waals surface area (Å²) >= 11 is 7.13. The van der Waals surface area contributed by atoms with Crippen LogP contribution in [0.5, 0.6) is 0 Å². The van der Waals surface area contributed by atoms with Crippen LogP contribution in [0.15, 0.2) is 23.6 Å². The zero-order valence-corrected chi connectivity index (χ0v) is 16.4. The van der Waals surface area contributed by atoms with E-state index in [1.807, 2.05) is 0 Å². The molecule has 28 heavy (non-hydrogen) atoms.